The van der Waals surface area contributed by atoms with Gasteiger partial charge < -0.3 is 14.8 Å². The topological polar surface area (TPSA) is 64.6 Å². The molecule has 0 atom stereocenters. The van der Waals surface area contributed by atoms with Gasteiger partial charge in [0.1, 0.15) is 17.9 Å². The number of aryl methyl sites for hydroxylation is 3. The molecule has 0 aromatic heterocycles. The standard InChI is InChI=1S/C25H25NO4/c1-17-7-6-8-20(12-17)15-29-23-10-5-4-9-22(23)25(28)30-16-24(27)26-21-13-18(2)11-19(3)14-21/h4-14H,15-16H2,1-3H3,(H,26,27). The molecule has 3 aromatic carbocycles. The Bertz CT molecular complexity index is 1040. The number of esters is 1. The summed E-state index contributed by atoms with van der Waals surface area (Å²) < 4.78 is 11.0. The van der Waals surface area contributed by atoms with Crippen molar-refractivity contribution in [3.8, 4) is 5.75 Å². The van der Waals surface area contributed by atoms with E-state index in [0.29, 0.717) is 18.0 Å². The number of carbonyl (C=O) groups is 2. The number of hydrogen-bond donors (Lipinski definition) is 1. The lowest BCUT2D eigenvalue weighted by molar-refractivity contribution is -0.119. The molecule has 0 aliphatic rings. The van der Waals surface area contributed by atoms with Crippen molar-refractivity contribution in [1.29, 1.82) is 0 Å². The van der Waals surface area contributed by atoms with Crippen LogP contribution in [-0.2, 0) is 16.1 Å². The zero-order chi connectivity index (χ0) is 21.5. The molecule has 5 nitrogen and oxygen atoms in total. The Balaban J connectivity index is 1.59. The Kier molecular flexibility index (Phi) is 6.86. The van der Waals surface area contributed by atoms with E-state index in [1.807, 2.05) is 63.2 Å². The molecule has 0 bridgehead atoms. The summed E-state index contributed by atoms with van der Waals surface area (Å²) >= 11 is 0. The van der Waals surface area contributed by atoms with Gasteiger partial charge in [0.25, 0.3) is 5.91 Å². The van der Waals surface area contributed by atoms with E-state index in [2.05, 4.69) is 5.32 Å². The molecule has 0 radical (unpaired) electrons. The van der Waals surface area contributed by atoms with E-state index in [4.69, 9.17) is 9.47 Å². The SMILES string of the molecule is Cc1cccc(COc2ccccc2C(=O)OCC(=O)Nc2cc(C)cc(C)c2)c1. The molecule has 0 heterocycles. The van der Waals surface area contributed by atoms with Gasteiger partial charge in [0, 0.05) is 5.69 Å². The van der Waals surface area contributed by atoms with Crippen LogP contribution in [0.2, 0.25) is 0 Å². The molecule has 1 amide bonds. The highest BCUT2D eigenvalue weighted by Crippen LogP contribution is 2.21. The second kappa shape index (κ2) is 9.74. The Morgan fingerprint density at radius 2 is 1.57 bits per heavy atom. The van der Waals surface area contributed by atoms with Crippen molar-refractivity contribution < 1.29 is 19.1 Å². The number of benzene rings is 3. The van der Waals surface area contributed by atoms with Crippen LogP contribution in [0.15, 0.2) is 66.7 Å². The number of rotatable bonds is 7. The van der Waals surface area contributed by atoms with E-state index in [0.717, 1.165) is 22.3 Å². The number of amides is 1. The average molecular weight is 403 g/mol. The summed E-state index contributed by atoms with van der Waals surface area (Å²) in [5, 5.41) is 2.75. The van der Waals surface area contributed by atoms with E-state index in [-0.39, 0.29) is 12.2 Å². The van der Waals surface area contributed by atoms with Gasteiger partial charge in [-0.3, -0.25) is 4.79 Å². The molecule has 154 valence electrons. The second-order valence-corrected chi connectivity index (χ2v) is 7.27. The lowest BCUT2D eigenvalue weighted by atomic mass is 10.1. The molecule has 3 aromatic rings. The molecule has 0 fully saturated rings. The van der Waals surface area contributed by atoms with Gasteiger partial charge >= 0.3 is 5.97 Å². The fourth-order valence-electron chi connectivity index (χ4n) is 3.18. The largest absolute Gasteiger partial charge is 0.488 e. The molecular weight excluding hydrogens is 378 g/mol. The first-order chi connectivity index (χ1) is 14.4. The highest BCUT2D eigenvalue weighted by atomic mass is 16.5. The van der Waals surface area contributed by atoms with Crippen molar-refractivity contribution in [2.24, 2.45) is 0 Å². The van der Waals surface area contributed by atoms with Gasteiger partial charge in [-0.25, -0.2) is 4.79 Å². The number of ether oxygens (including phenoxy) is 2. The van der Waals surface area contributed by atoms with Gasteiger partial charge in [0.15, 0.2) is 6.61 Å². The third-order valence-corrected chi connectivity index (χ3v) is 4.42. The van der Waals surface area contributed by atoms with Crippen LogP contribution in [0.3, 0.4) is 0 Å². The van der Waals surface area contributed by atoms with Gasteiger partial charge in [-0.1, -0.05) is 48.0 Å². The van der Waals surface area contributed by atoms with Crippen LogP contribution in [0, 0.1) is 20.8 Å². The van der Waals surface area contributed by atoms with Crippen LogP contribution in [0.4, 0.5) is 5.69 Å². The second-order valence-electron chi connectivity index (χ2n) is 7.27. The molecular formula is C25H25NO4. The van der Waals surface area contributed by atoms with Crippen LogP contribution < -0.4 is 10.1 Å². The van der Waals surface area contributed by atoms with E-state index >= 15 is 0 Å². The fraction of sp³-hybridized carbons (Fsp3) is 0.200. The highest BCUT2D eigenvalue weighted by molar-refractivity contribution is 5.96. The lowest BCUT2D eigenvalue weighted by Gasteiger charge is -2.12. The van der Waals surface area contributed by atoms with Crippen LogP contribution >= 0.6 is 0 Å². The first-order valence-corrected chi connectivity index (χ1v) is 9.73. The monoisotopic (exact) mass is 403 g/mol. The summed E-state index contributed by atoms with van der Waals surface area (Å²) in [6, 6.07) is 20.5. The minimum Gasteiger partial charge on any atom is -0.488 e. The van der Waals surface area contributed by atoms with Crippen molar-refractivity contribution in [2.45, 2.75) is 27.4 Å². The van der Waals surface area contributed by atoms with E-state index in [1.54, 1.807) is 24.3 Å². The highest BCUT2D eigenvalue weighted by Gasteiger charge is 2.15. The van der Waals surface area contributed by atoms with E-state index < -0.39 is 11.9 Å². The van der Waals surface area contributed by atoms with Crippen LogP contribution in [0.5, 0.6) is 5.75 Å². The minimum absolute atomic E-state index is 0.282. The average Bonchev–Trinajstić information content (AvgIpc) is 2.70. The summed E-state index contributed by atoms with van der Waals surface area (Å²) in [6.45, 7) is 5.88. The maximum atomic E-state index is 12.5. The quantitative estimate of drug-likeness (QED) is 0.565. The molecule has 0 saturated heterocycles. The normalized spacial score (nSPS) is 10.4. The number of nitrogens with one attached hydrogen (secondary N) is 1. The number of para-hydroxylation sites is 1. The summed E-state index contributed by atoms with van der Waals surface area (Å²) in [5.41, 5.74) is 5.19. The van der Waals surface area contributed by atoms with Crippen molar-refractivity contribution >= 4 is 17.6 Å². The van der Waals surface area contributed by atoms with Gasteiger partial charge in [-0.05, 0) is 61.7 Å². The Labute approximate surface area is 176 Å². The maximum absolute atomic E-state index is 12.5. The Morgan fingerprint density at radius 1 is 0.833 bits per heavy atom. The first-order valence-electron chi connectivity index (χ1n) is 9.73. The third kappa shape index (κ3) is 5.95. The summed E-state index contributed by atoms with van der Waals surface area (Å²) in [6.07, 6.45) is 0. The molecule has 0 aliphatic heterocycles. The maximum Gasteiger partial charge on any atom is 0.342 e. The predicted molar refractivity (Wildman–Crippen MR) is 117 cm³/mol. The van der Waals surface area contributed by atoms with Gasteiger partial charge in [0.2, 0.25) is 0 Å². The fourth-order valence-corrected chi connectivity index (χ4v) is 3.18. The molecule has 1 N–H and O–H groups in total. The summed E-state index contributed by atoms with van der Waals surface area (Å²) in [4.78, 5) is 24.7. The smallest absolute Gasteiger partial charge is 0.342 e. The molecule has 3 rings (SSSR count). The third-order valence-electron chi connectivity index (χ3n) is 4.42. The van der Waals surface area contributed by atoms with Gasteiger partial charge in [0.05, 0.1) is 0 Å². The minimum atomic E-state index is -0.606. The van der Waals surface area contributed by atoms with Crippen LogP contribution in [0.25, 0.3) is 0 Å². The molecule has 0 aliphatic carbocycles. The van der Waals surface area contributed by atoms with Gasteiger partial charge in [-0.2, -0.15) is 0 Å². The number of carbonyl (C=O) groups excluding carboxylic acids is 2. The van der Waals surface area contributed by atoms with Crippen molar-refractivity contribution in [1.82, 2.24) is 0 Å². The van der Waals surface area contributed by atoms with Gasteiger partial charge in [-0.15, -0.1) is 0 Å². The zero-order valence-electron chi connectivity index (χ0n) is 17.4. The summed E-state index contributed by atoms with van der Waals surface area (Å²) in [5.74, 6) is -0.587. The Morgan fingerprint density at radius 3 is 2.30 bits per heavy atom. The van der Waals surface area contributed by atoms with Crippen LogP contribution in [-0.4, -0.2) is 18.5 Å². The molecule has 5 heteroatoms. The predicted octanol–water partition coefficient (Wildman–Crippen LogP) is 4.99. The summed E-state index contributed by atoms with van der Waals surface area (Å²) in [7, 11) is 0. The molecule has 0 saturated carbocycles. The first kappa shape index (κ1) is 21.1. The van der Waals surface area contributed by atoms with Crippen molar-refractivity contribution in [3.05, 3.63) is 94.5 Å². The molecule has 30 heavy (non-hydrogen) atoms. The van der Waals surface area contributed by atoms with Crippen molar-refractivity contribution in [3.63, 3.8) is 0 Å². The van der Waals surface area contributed by atoms with E-state index in [1.165, 1.54) is 0 Å². The molecule has 0 spiro atoms. The van der Waals surface area contributed by atoms with Crippen molar-refractivity contribution in [2.75, 3.05) is 11.9 Å². The zero-order valence-corrected chi connectivity index (χ0v) is 17.4. The van der Waals surface area contributed by atoms with Crippen LogP contribution in [0.1, 0.15) is 32.6 Å². The number of hydrogen-bond acceptors (Lipinski definition) is 4. The van der Waals surface area contributed by atoms with E-state index in [9.17, 15) is 9.59 Å². The Hall–Kier alpha value is -3.60. The molecule has 0 unspecified atom stereocenters. The lowest BCUT2D eigenvalue weighted by Crippen LogP contribution is -2.21. The number of anilines is 1.